The van der Waals surface area contributed by atoms with Crippen LogP contribution in [0.4, 0.5) is 0 Å². The predicted molar refractivity (Wildman–Crippen MR) is 122 cm³/mol. The van der Waals surface area contributed by atoms with E-state index in [1.807, 2.05) is 64.1 Å². The number of ether oxygens (including phenoxy) is 2. The van der Waals surface area contributed by atoms with Crippen LogP contribution in [0, 0.1) is 0 Å². The number of likely N-dealkylation sites (tertiary alicyclic amines) is 1. The highest BCUT2D eigenvalue weighted by atomic mass is 32.2. The lowest BCUT2D eigenvalue weighted by Crippen LogP contribution is -2.43. The maximum Gasteiger partial charge on any atom is 0.233 e. The lowest BCUT2D eigenvalue weighted by atomic mass is 10.0. The number of hydrogen-bond acceptors (Lipinski definition) is 6. The van der Waals surface area contributed by atoms with Crippen molar-refractivity contribution in [3.05, 3.63) is 60.4 Å². The van der Waals surface area contributed by atoms with Crippen LogP contribution in [-0.4, -0.2) is 50.5 Å². The average Bonchev–Trinajstić information content (AvgIpc) is 3.27. The fraction of sp³-hybridized carbons (Fsp3) is 0.375. The molecule has 1 fully saturated rings. The Morgan fingerprint density at radius 1 is 1.06 bits per heavy atom. The van der Waals surface area contributed by atoms with Gasteiger partial charge in [-0.1, -0.05) is 42.1 Å². The summed E-state index contributed by atoms with van der Waals surface area (Å²) in [5, 5.41) is 9.56. The number of para-hydroxylation sites is 3. The molecule has 0 bridgehead atoms. The monoisotopic (exact) mass is 450 g/mol. The summed E-state index contributed by atoms with van der Waals surface area (Å²) in [6.45, 7) is 3.31. The topological polar surface area (TPSA) is 69.5 Å². The molecule has 8 heteroatoms. The van der Waals surface area contributed by atoms with E-state index in [-0.39, 0.29) is 5.91 Å². The molecular weight excluding hydrogens is 424 g/mol. The SMILES string of the molecule is CC1CCCCN1C(=O)CSc1nnc(C2COc3ccccc3O2)n1-c1ccccc1. The number of carbonyl (C=O) groups is 1. The van der Waals surface area contributed by atoms with Crippen LogP contribution in [0.2, 0.25) is 0 Å². The Kier molecular flexibility index (Phi) is 6.03. The number of thioether (sulfide) groups is 1. The minimum atomic E-state index is -0.398. The van der Waals surface area contributed by atoms with E-state index in [0.29, 0.717) is 35.1 Å². The largest absolute Gasteiger partial charge is 0.485 e. The molecule has 2 aromatic carbocycles. The summed E-state index contributed by atoms with van der Waals surface area (Å²) < 4.78 is 14.1. The van der Waals surface area contributed by atoms with Gasteiger partial charge in [-0.25, -0.2) is 0 Å². The molecule has 1 amide bonds. The summed E-state index contributed by atoms with van der Waals surface area (Å²) in [4.78, 5) is 14.9. The van der Waals surface area contributed by atoms with Crippen molar-refractivity contribution in [2.45, 2.75) is 43.5 Å². The standard InChI is InChI=1S/C24H26N4O3S/c1-17-9-7-8-14-27(17)22(29)16-32-24-26-25-23(28(24)18-10-3-2-4-11-18)21-15-30-19-12-5-6-13-20(19)31-21/h2-6,10-13,17,21H,7-9,14-16H2,1H3. The van der Waals surface area contributed by atoms with Gasteiger partial charge in [0.1, 0.15) is 6.61 Å². The van der Waals surface area contributed by atoms with Gasteiger partial charge in [0, 0.05) is 18.3 Å². The first kappa shape index (κ1) is 20.9. The molecule has 2 unspecified atom stereocenters. The van der Waals surface area contributed by atoms with E-state index >= 15 is 0 Å². The number of hydrogen-bond donors (Lipinski definition) is 0. The normalized spacial score (nSPS) is 20.2. The number of rotatable bonds is 5. The second-order valence-electron chi connectivity index (χ2n) is 8.10. The van der Waals surface area contributed by atoms with Crippen LogP contribution >= 0.6 is 11.8 Å². The quantitative estimate of drug-likeness (QED) is 0.541. The zero-order valence-corrected chi connectivity index (χ0v) is 18.8. The first-order chi connectivity index (χ1) is 15.7. The second-order valence-corrected chi connectivity index (χ2v) is 9.04. The molecule has 0 radical (unpaired) electrons. The van der Waals surface area contributed by atoms with E-state index in [2.05, 4.69) is 17.1 Å². The zero-order valence-electron chi connectivity index (χ0n) is 18.0. The van der Waals surface area contributed by atoms with E-state index < -0.39 is 6.10 Å². The van der Waals surface area contributed by atoms with Crippen molar-refractivity contribution in [3.8, 4) is 17.2 Å². The van der Waals surface area contributed by atoms with Gasteiger partial charge in [-0.15, -0.1) is 10.2 Å². The van der Waals surface area contributed by atoms with Gasteiger partial charge in [-0.3, -0.25) is 9.36 Å². The summed E-state index contributed by atoms with van der Waals surface area (Å²) in [7, 11) is 0. The minimum absolute atomic E-state index is 0.150. The van der Waals surface area contributed by atoms with Gasteiger partial charge in [-0.2, -0.15) is 0 Å². The highest BCUT2D eigenvalue weighted by Crippen LogP contribution is 2.37. The molecule has 3 aromatic rings. The van der Waals surface area contributed by atoms with E-state index in [4.69, 9.17) is 9.47 Å². The molecule has 2 aliphatic rings. The van der Waals surface area contributed by atoms with Crippen LogP contribution in [0.1, 0.15) is 38.1 Å². The highest BCUT2D eigenvalue weighted by Gasteiger charge is 2.30. The van der Waals surface area contributed by atoms with Crippen LogP contribution in [0.15, 0.2) is 59.8 Å². The van der Waals surface area contributed by atoms with Gasteiger partial charge < -0.3 is 14.4 Å². The van der Waals surface area contributed by atoms with Crippen molar-refractivity contribution >= 4 is 17.7 Å². The Bertz CT molecular complexity index is 1090. The molecule has 3 heterocycles. The molecule has 2 atom stereocenters. The maximum absolute atomic E-state index is 12.9. The molecule has 0 saturated carbocycles. The summed E-state index contributed by atoms with van der Waals surface area (Å²) >= 11 is 1.42. The smallest absolute Gasteiger partial charge is 0.233 e. The fourth-order valence-corrected chi connectivity index (χ4v) is 5.07. The number of nitrogens with zero attached hydrogens (tertiary/aromatic N) is 4. The van der Waals surface area contributed by atoms with Gasteiger partial charge in [0.25, 0.3) is 0 Å². The molecule has 1 aromatic heterocycles. The fourth-order valence-electron chi connectivity index (χ4n) is 4.23. The Hall–Kier alpha value is -3.00. The van der Waals surface area contributed by atoms with E-state index in [0.717, 1.165) is 30.8 Å². The maximum atomic E-state index is 12.9. The molecule has 0 N–H and O–H groups in total. The number of carbonyl (C=O) groups excluding carboxylic acids is 1. The minimum Gasteiger partial charge on any atom is -0.485 e. The van der Waals surface area contributed by atoms with Crippen molar-refractivity contribution in [1.29, 1.82) is 0 Å². The Morgan fingerprint density at radius 3 is 2.66 bits per heavy atom. The van der Waals surface area contributed by atoms with Crippen LogP contribution in [0.25, 0.3) is 5.69 Å². The molecule has 166 valence electrons. The Labute approximate surface area is 191 Å². The molecule has 1 saturated heterocycles. The predicted octanol–water partition coefficient (Wildman–Crippen LogP) is 4.27. The van der Waals surface area contributed by atoms with Gasteiger partial charge >= 0.3 is 0 Å². The number of fused-ring (bicyclic) bond motifs is 1. The number of aromatic nitrogens is 3. The summed E-state index contributed by atoms with van der Waals surface area (Å²) in [6.07, 6.45) is 2.94. The molecule has 32 heavy (non-hydrogen) atoms. The number of piperidine rings is 1. The third-order valence-corrected chi connectivity index (χ3v) is 6.83. The van der Waals surface area contributed by atoms with Crippen LogP contribution < -0.4 is 9.47 Å². The van der Waals surface area contributed by atoms with Gasteiger partial charge in [0.15, 0.2) is 28.6 Å². The molecule has 0 spiro atoms. The third-order valence-electron chi connectivity index (χ3n) is 5.92. The van der Waals surface area contributed by atoms with Crippen LogP contribution in [0.5, 0.6) is 11.5 Å². The lowest BCUT2D eigenvalue weighted by molar-refractivity contribution is -0.131. The second kappa shape index (κ2) is 9.24. The van der Waals surface area contributed by atoms with Crippen molar-refractivity contribution in [2.24, 2.45) is 0 Å². The van der Waals surface area contributed by atoms with E-state index in [1.54, 1.807) is 0 Å². The molecule has 0 aliphatic carbocycles. The van der Waals surface area contributed by atoms with Crippen LogP contribution in [0.3, 0.4) is 0 Å². The molecular formula is C24H26N4O3S. The van der Waals surface area contributed by atoms with Crippen molar-refractivity contribution in [2.75, 3.05) is 18.9 Å². The van der Waals surface area contributed by atoms with E-state index in [9.17, 15) is 4.79 Å². The summed E-state index contributed by atoms with van der Waals surface area (Å²) in [5.74, 6) is 2.56. The third kappa shape index (κ3) is 4.19. The van der Waals surface area contributed by atoms with E-state index in [1.165, 1.54) is 18.2 Å². The zero-order chi connectivity index (χ0) is 21.9. The molecule has 5 rings (SSSR count). The molecule has 2 aliphatic heterocycles. The van der Waals surface area contributed by atoms with Gasteiger partial charge in [0.05, 0.1) is 5.75 Å². The van der Waals surface area contributed by atoms with Crippen molar-refractivity contribution in [3.63, 3.8) is 0 Å². The van der Waals surface area contributed by atoms with Gasteiger partial charge in [-0.05, 0) is 50.5 Å². The molecule has 7 nitrogen and oxygen atoms in total. The first-order valence-electron chi connectivity index (χ1n) is 11.0. The number of benzene rings is 2. The Balaban J connectivity index is 1.40. The number of amides is 1. The van der Waals surface area contributed by atoms with Crippen LogP contribution in [-0.2, 0) is 4.79 Å². The van der Waals surface area contributed by atoms with Crippen molar-refractivity contribution in [1.82, 2.24) is 19.7 Å². The first-order valence-corrected chi connectivity index (χ1v) is 12.0. The van der Waals surface area contributed by atoms with Gasteiger partial charge in [0.2, 0.25) is 5.91 Å². The summed E-state index contributed by atoms with van der Waals surface area (Å²) in [5.41, 5.74) is 0.927. The average molecular weight is 451 g/mol. The van der Waals surface area contributed by atoms with Crippen molar-refractivity contribution < 1.29 is 14.3 Å². The summed E-state index contributed by atoms with van der Waals surface area (Å²) in [6, 6.07) is 17.8. The lowest BCUT2D eigenvalue weighted by Gasteiger charge is -2.33. The highest BCUT2D eigenvalue weighted by molar-refractivity contribution is 7.99. The Morgan fingerprint density at radius 2 is 1.84 bits per heavy atom.